The fraction of sp³-hybridized carbons (Fsp3) is 0.152. The molecule has 0 unspecified atom stereocenters. The van der Waals surface area contributed by atoms with Crippen LogP contribution >= 0.6 is 0 Å². The number of ether oxygens (including phenoxy) is 1. The first-order valence-corrected chi connectivity index (χ1v) is 13.1. The summed E-state index contributed by atoms with van der Waals surface area (Å²) in [5, 5.41) is 3.00. The molecular weight excluding hydrogens is 505 g/mol. The van der Waals surface area contributed by atoms with Crippen molar-refractivity contribution < 1.29 is 18.7 Å². The summed E-state index contributed by atoms with van der Waals surface area (Å²) in [6, 6.07) is 30.2. The van der Waals surface area contributed by atoms with E-state index in [1.165, 1.54) is 17.0 Å². The molecule has 40 heavy (non-hydrogen) atoms. The number of para-hydroxylation sites is 2. The van der Waals surface area contributed by atoms with Crippen LogP contribution in [0.3, 0.4) is 0 Å². The minimum absolute atomic E-state index is 0.128. The number of urea groups is 1. The van der Waals surface area contributed by atoms with Gasteiger partial charge in [-0.05, 0) is 35.4 Å². The largest absolute Gasteiger partial charge is 0.496 e. The second-order valence-corrected chi connectivity index (χ2v) is 9.49. The Morgan fingerprint density at radius 3 is 2.40 bits per heavy atom. The van der Waals surface area contributed by atoms with Crippen LogP contribution in [0, 0.1) is 5.82 Å². The zero-order valence-corrected chi connectivity index (χ0v) is 22.2. The van der Waals surface area contributed by atoms with Crippen molar-refractivity contribution in [3.63, 3.8) is 0 Å². The molecule has 1 N–H and O–H groups in total. The fourth-order valence-corrected chi connectivity index (χ4v) is 4.86. The maximum Gasteiger partial charge on any atom is 0.322 e. The first-order chi connectivity index (χ1) is 19.5. The number of nitrogens with zero attached hydrogens (tertiary/aromatic N) is 2. The van der Waals surface area contributed by atoms with Crippen LogP contribution in [0.5, 0.6) is 5.75 Å². The van der Waals surface area contributed by atoms with Crippen LogP contribution in [0.4, 0.5) is 14.9 Å². The van der Waals surface area contributed by atoms with Gasteiger partial charge in [0.15, 0.2) is 0 Å². The Balaban J connectivity index is 1.43. The molecule has 1 aliphatic heterocycles. The van der Waals surface area contributed by atoms with Crippen molar-refractivity contribution in [1.29, 1.82) is 0 Å². The van der Waals surface area contributed by atoms with Crippen LogP contribution in [0.1, 0.15) is 17.2 Å². The molecule has 202 valence electrons. The summed E-state index contributed by atoms with van der Waals surface area (Å²) in [4.78, 5) is 30.5. The van der Waals surface area contributed by atoms with E-state index in [-0.39, 0.29) is 37.4 Å². The molecule has 0 aliphatic carbocycles. The van der Waals surface area contributed by atoms with E-state index in [0.717, 1.165) is 22.3 Å². The van der Waals surface area contributed by atoms with Gasteiger partial charge in [0.05, 0.1) is 18.8 Å². The van der Waals surface area contributed by atoms with Crippen LogP contribution in [0.25, 0.3) is 11.1 Å². The monoisotopic (exact) mass is 535 g/mol. The highest BCUT2D eigenvalue weighted by atomic mass is 19.1. The van der Waals surface area contributed by atoms with E-state index < -0.39 is 6.04 Å². The lowest BCUT2D eigenvalue weighted by atomic mass is 10.0. The maximum atomic E-state index is 13.8. The van der Waals surface area contributed by atoms with Gasteiger partial charge in [-0.3, -0.25) is 4.79 Å². The molecule has 0 saturated heterocycles. The summed E-state index contributed by atoms with van der Waals surface area (Å²) < 4.78 is 19.2. The van der Waals surface area contributed by atoms with Gasteiger partial charge in [-0.1, -0.05) is 91.0 Å². The molecule has 0 saturated carbocycles. The predicted octanol–water partition coefficient (Wildman–Crippen LogP) is 6.68. The van der Waals surface area contributed by atoms with Gasteiger partial charge >= 0.3 is 6.03 Å². The first-order valence-electron chi connectivity index (χ1n) is 13.1. The van der Waals surface area contributed by atoms with E-state index in [1.807, 2.05) is 91.0 Å². The molecule has 0 radical (unpaired) electrons. The number of carbonyl (C=O) groups excluding carboxylic acids is 2. The third-order valence-corrected chi connectivity index (χ3v) is 6.89. The summed E-state index contributed by atoms with van der Waals surface area (Å²) in [6.07, 6.45) is 3.81. The van der Waals surface area contributed by atoms with Gasteiger partial charge in [-0.2, -0.15) is 0 Å². The molecule has 0 fully saturated rings. The Labute approximate surface area is 233 Å². The SMILES string of the molecule is COc1ccccc1[C@H]1/C=C\CN(C(=O)Nc2ccccc2-c2ccccc2)CC(=O)N1Cc1ccc(F)cc1. The Hall–Kier alpha value is -4.91. The van der Waals surface area contributed by atoms with E-state index in [2.05, 4.69) is 5.32 Å². The normalized spacial score (nSPS) is 16.1. The average molecular weight is 536 g/mol. The number of halogens is 1. The van der Waals surface area contributed by atoms with Crippen molar-refractivity contribution in [1.82, 2.24) is 9.80 Å². The zero-order valence-electron chi connectivity index (χ0n) is 22.2. The minimum Gasteiger partial charge on any atom is -0.496 e. The average Bonchev–Trinajstić information content (AvgIpc) is 2.98. The second-order valence-electron chi connectivity index (χ2n) is 9.49. The number of anilines is 1. The van der Waals surface area contributed by atoms with E-state index in [4.69, 9.17) is 4.74 Å². The van der Waals surface area contributed by atoms with E-state index in [9.17, 15) is 14.0 Å². The van der Waals surface area contributed by atoms with Gasteiger partial charge < -0.3 is 19.9 Å². The van der Waals surface area contributed by atoms with Crippen LogP contribution in [0.2, 0.25) is 0 Å². The van der Waals surface area contributed by atoms with E-state index in [0.29, 0.717) is 11.4 Å². The Bertz CT molecular complexity index is 1510. The topological polar surface area (TPSA) is 61.9 Å². The minimum atomic E-state index is -0.433. The molecule has 3 amide bonds. The highest BCUT2D eigenvalue weighted by Crippen LogP contribution is 2.33. The van der Waals surface area contributed by atoms with Crippen molar-refractivity contribution in [2.75, 3.05) is 25.5 Å². The summed E-state index contributed by atoms with van der Waals surface area (Å²) >= 11 is 0. The van der Waals surface area contributed by atoms with Gasteiger partial charge in [0, 0.05) is 24.2 Å². The van der Waals surface area contributed by atoms with E-state index >= 15 is 0 Å². The van der Waals surface area contributed by atoms with Crippen molar-refractivity contribution in [2.45, 2.75) is 12.6 Å². The van der Waals surface area contributed by atoms with Crippen LogP contribution in [-0.4, -0.2) is 41.9 Å². The number of amides is 3. The number of carbonyl (C=O) groups is 2. The molecular formula is C33H30FN3O3. The lowest BCUT2D eigenvalue weighted by Gasteiger charge is -2.35. The van der Waals surface area contributed by atoms with Crippen molar-refractivity contribution in [2.24, 2.45) is 0 Å². The summed E-state index contributed by atoms with van der Waals surface area (Å²) in [5.74, 6) is 0.0698. The van der Waals surface area contributed by atoms with Gasteiger partial charge in [-0.15, -0.1) is 0 Å². The third kappa shape index (κ3) is 6.04. The van der Waals surface area contributed by atoms with Gasteiger partial charge in [0.1, 0.15) is 18.1 Å². The van der Waals surface area contributed by atoms with Gasteiger partial charge in [-0.25, -0.2) is 9.18 Å². The molecule has 0 aromatic heterocycles. The molecule has 1 heterocycles. The number of nitrogens with one attached hydrogen (secondary N) is 1. The maximum absolute atomic E-state index is 13.8. The first kappa shape index (κ1) is 26.7. The number of rotatable bonds is 6. The van der Waals surface area contributed by atoms with Crippen molar-refractivity contribution in [3.8, 4) is 16.9 Å². The van der Waals surface area contributed by atoms with Crippen LogP contribution < -0.4 is 10.1 Å². The number of hydrogen-bond acceptors (Lipinski definition) is 3. The Morgan fingerprint density at radius 1 is 0.925 bits per heavy atom. The molecule has 5 rings (SSSR count). The predicted molar refractivity (Wildman–Crippen MR) is 154 cm³/mol. The molecule has 7 heteroatoms. The smallest absolute Gasteiger partial charge is 0.322 e. The zero-order chi connectivity index (χ0) is 27.9. The van der Waals surface area contributed by atoms with Gasteiger partial charge in [0.2, 0.25) is 5.91 Å². The Morgan fingerprint density at radius 2 is 1.62 bits per heavy atom. The van der Waals surface area contributed by atoms with Gasteiger partial charge in [0.25, 0.3) is 0 Å². The highest BCUT2D eigenvalue weighted by molar-refractivity contribution is 5.96. The number of benzene rings is 4. The van der Waals surface area contributed by atoms with Crippen LogP contribution in [0.15, 0.2) is 115 Å². The number of methoxy groups -OCH3 is 1. The van der Waals surface area contributed by atoms with Crippen molar-refractivity contribution >= 4 is 17.6 Å². The number of hydrogen-bond donors (Lipinski definition) is 1. The quantitative estimate of drug-likeness (QED) is 0.280. The lowest BCUT2D eigenvalue weighted by Crippen LogP contribution is -2.46. The Kier molecular flexibility index (Phi) is 8.21. The molecule has 0 spiro atoms. The molecule has 1 aliphatic rings. The summed E-state index contributed by atoms with van der Waals surface area (Å²) in [7, 11) is 1.59. The summed E-state index contributed by atoms with van der Waals surface area (Å²) in [6.45, 7) is 0.357. The summed E-state index contributed by atoms with van der Waals surface area (Å²) in [5.41, 5.74) is 4.13. The van der Waals surface area contributed by atoms with E-state index in [1.54, 1.807) is 24.1 Å². The molecule has 1 atom stereocenters. The third-order valence-electron chi connectivity index (χ3n) is 6.89. The fourth-order valence-electron chi connectivity index (χ4n) is 4.86. The molecule has 4 aromatic carbocycles. The second kappa shape index (κ2) is 12.3. The lowest BCUT2D eigenvalue weighted by molar-refractivity contribution is -0.134. The molecule has 0 bridgehead atoms. The molecule has 4 aromatic rings. The highest BCUT2D eigenvalue weighted by Gasteiger charge is 2.30. The standard InChI is InChI=1S/C33H30FN3O3/c1-40-31-16-8-6-13-28(31)30-15-9-21-36(23-32(38)37(30)22-24-17-19-26(34)20-18-24)33(39)35-29-14-7-5-12-27(29)25-10-3-2-4-11-25/h2-20,30H,21-23H2,1H3,(H,35,39)/b15-9-/t30-/m1/s1. The van der Waals surface area contributed by atoms with Crippen molar-refractivity contribution in [3.05, 3.63) is 132 Å². The van der Waals surface area contributed by atoms with Crippen LogP contribution in [-0.2, 0) is 11.3 Å². The molecule has 6 nitrogen and oxygen atoms in total.